The first-order chi connectivity index (χ1) is 11.7. The number of nitrogens with zero attached hydrogens (tertiary/aromatic N) is 2. The van der Waals surface area contributed by atoms with Gasteiger partial charge in [0.05, 0.1) is 10.6 Å². The van der Waals surface area contributed by atoms with Crippen LogP contribution in [0.15, 0.2) is 34.5 Å². The van der Waals surface area contributed by atoms with Gasteiger partial charge in [-0.05, 0) is 57.0 Å². The molecule has 3 rings (SSSR count). The molecule has 2 heterocycles. The van der Waals surface area contributed by atoms with Crippen LogP contribution in [0, 0.1) is 27.7 Å². The van der Waals surface area contributed by atoms with E-state index in [4.69, 9.17) is 0 Å². The van der Waals surface area contributed by atoms with Crippen LogP contribution in [0.1, 0.15) is 21.7 Å². The summed E-state index contributed by atoms with van der Waals surface area (Å²) >= 11 is 3.00. The van der Waals surface area contributed by atoms with Gasteiger partial charge < -0.3 is 0 Å². The van der Waals surface area contributed by atoms with Crippen LogP contribution in [0.2, 0.25) is 0 Å². The Morgan fingerprint density at radius 1 is 1.04 bits per heavy atom. The third-order valence-electron chi connectivity index (χ3n) is 4.19. The third-order valence-corrected chi connectivity index (χ3v) is 8.42. The van der Waals surface area contributed by atoms with E-state index in [0.717, 1.165) is 31.6 Å². The van der Waals surface area contributed by atoms with Crippen LogP contribution >= 0.6 is 22.7 Å². The number of benzene rings is 1. The van der Waals surface area contributed by atoms with Gasteiger partial charge in [0.1, 0.15) is 9.90 Å². The molecule has 132 valence electrons. The lowest BCUT2D eigenvalue weighted by Crippen LogP contribution is -2.26. The fraction of sp³-hybridized carbons (Fsp3) is 0.278. The van der Waals surface area contributed by atoms with E-state index in [2.05, 4.69) is 4.98 Å². The predicted molar refractivity (Wildman–Crippen MR) is 106 cm³/mol. The molecule has 0 atom stereocenters. The van der Waals surface area contributed by atoms with E-state index in [1.807, 2.05) is 51.3 Å². The second-order valence-corrected chi connectivity index (χ2v) is 10.1. The summed E-state index contributed by atoms with van der Waals surface area (Å²) in [7, 11) is -2.01. The highest BCUT2D eigenvalue weighted by Gasteiger charge is 2.26. The highest BCUT2D eigenvalue weighted by molar-refractivity contribution is 7.93. The monoisotopic (exact) mass is 392 g/mol. The van der Waals surface area contributed by atoms with Gasteiger partial charge in [0.25, 0.3) is 10.0 Å². The summed E-state index contributed by atoms with van der Waals surface area (Å²) in [5.41, 5.74) is 3.83. The number of thiazole rings is 1. The third kappa shape index (κ3) is 3.36. The lowest BCUT2D eigenvalue weighted by molar-refractivity contribution is 0.594. The van der Waals surface area contributed by atoms with Crippen molar-refractivity contribution in [2.45, 2.75) is 32.6 Å². The average molecular weight is 393 g/mol. The fourth-order valence-corrected chi connectivity index (χ4v) is 6.11. The molecular weight excluding hydrogens is 372 g/mol. The fourth-order valence-electron chi connectivity index (χ4n) is 2.50. The zero-order chi connectivity index (χ0) is 18.4. The first kappa shape index (κ1) is 18.1. The van der Waals surface area contributed by atoms with E-state index >= 15 is 0 Å². The van der Waals surface area contributed by atoms with Gasteiger partial charge in [-0.15, -0.1) is 22.7 Å². The number of aryl methyl sites for hydroxylation is 4. The normalized spacial score (nSPS) is 11.7. The molecule has 2 aromatic heterocycles. The molecule has 3 aromatic rings. The zero-order valence-electron chi connectivity index (χ0n) is 14.8. The summed E-state index contributed by atoms with van der Waals surface area (Å²) in [5, 5.41) is 2.83. The molecule has 0 fully saturated rings. The zero-order valence-corrected chi connectivity index (χ0v) is 17.3. The SMILES string of the molecule is Cc1csc(-c2cc(S(=O)(=O)N(C)c3ccc(C)c(C)c3)c(C)s2)n1. The molecule has 0 unspecified atom stereocenters. The Morgan fingerprint density at radius 3 is 2.36 bits per heavy atom. The molecule has 0 aliphatic carbocycles. The van der Waals surface area contributed by atoms with Crippen molar-refractivity contribution in [3.63, 3.8) is 0 Å². The number of anilines is 1. The Kier molecular flexibility index (Phi) is 4.74. The highest BCUT2D eigenvalue weighted by atomic mass is 32.2. The molecule has 0 saturated heterocycles. The summed E-state index contributed by atoms with van der Waals surface area (Å²) in [4.78, 5) is 6.48. The van der Waals surface area contributed by atoms with Crippen LogP contribution in [-0.4, -0.2) is 20.4 Å². The van der Waals surface area contributed by atoms with Crippen LogP contribution in [0.5, 0.6) is 0 Å². The Labute approximate surface area is 156 Å². The molecule has 0 aliphatic rings. The minimum Gasteiger partial charge on any atom is -0.269 e. The summed E-state index contributed by atoms with van der Waals surface area (Å²) in [5.74, 6) is 0. The lowest BCUT2D eigenvalue weighted by Gasteiger charge is -2.20. The van der Waals surface area contributed by atoms with E-state index < -0.39 is 10.0 Å². The first-order valence-corrected chi connectivity index (χ1v) is 10.9. The van der Waals surface area contributed by atoms with Gasteiger partial charge in [-0.1, -0.05) is 6.07 Å². The first-order valence-electron chi connectivity index (χ1n) is 7.79. The van der Waals surface area contributed by atoms with Gasteiger partial charge in [0.15, 0.2) is 0 Å². The topological polar surface area (TPSA) is 50.3 Å². The van der Waals surface area contributed by atoms with Crippen LogP contribution in [0.3, 0.4) is 0 Å². The van der Waals surface area contributed by atoms with Gasteiger partial charge in [0, 0.05) is 23.0 Å². The molecule has 25 heavy (non-hydrogen) atoms. The minimum atomic E-state index is -3.61. The summed E-state index contributed by atoms with van der Waals surface area (Å²) in [6.07, 6.45) is 0. The van der Waals surface area contributed by atoms with E-state index in [-0.39, 0.29) is 0 Å². The second-order valence-electron chi connectivity index (χ2n) is 6.07. The highest BCUT2D eigenvalue weighted by Crippen LogP contribution is 2.37. The molecule has 0 aliphatic heterocycles. The van der Waals surface area contributed by atoms with Crippen LogP contribution in [-0.2, 0) is 10.0 Å². The van der Waals surface area contributed by atoms with E-state index in [1.54, 1.807) is 13.1 Å². The second kappa shape index (κ2) is 6.55. The molecule has 4 nitrogen and oxygen atoms in total. The molecule has 7 heteroatoms. The number of sulfonamides is 1. The molecule has 0 radical (unpaired) electrons. The number of aromatic nitrogens is 1. The Hall–Kier alpha value is -1.70. The molecule has 1 aromatic carbocycles. The summed E-state index contributed by atoms with van der Waals surface area (Å²) in [6.45, 7) is 7.78. The van der Waals surface area contributed by atoms with Gasteiger partial charge in [-0.2, -0.15) is 0 Å². The average Bonchev–Trinajstić information content (AvgIpc) is 3.15. The van der Waals surface area contributed by atoms with Gasteiger partial charge in [-0.3, -0.25) is 4.31 Å². The van der Waals surface area contributed by atoms with Crippen LogP contribution < -0.4 is 4.31 Å². The van der Waals surface area contributed by atoms with Gasteiger partial charge >= 0.3 is 0 Å². The van der Waals surface area contributed by atoms with Crippen molar-refractivity contribution in [3.05, 3.63) is 51.3 Å². The smallest absolute Gasteiger partial charge is 0.265 e. The molecule has 0 saturated carbocycles. The van der Waals surface area contributed by atoms with E-state index in [9.17, 15) is 8.42 Å². The van der Waals surface area contributed by atoms with Gasteiger partial charge in [-0.25, -0.2) is 13.4 Å². The summed E-state index contributed by atoms with van der Waals surface area (Å²) in [6, 6.07) is 7.43. The maximum absolute atomic E-state index is 13.1. The van der Waals surface area contributed by atoms with Crippen molar-refractivity contribution in [2.75, 3.05) is 11.4 Å². The van der Waals surface area contributed by atoms with Crippen LogP contribution in [0.4, 0.5) is 5.69 Å². The Balaban J connectivity index is 2.02. The molecule has 0 spiro atoms. The van der Waals surface area contributed by atoms with Crippen LogP contribution in [0.25, 0.3) is 9.88 Å². The lowest BCUT2D eigenvalue weighted by atomic mass is 10.1. The van der Waals surface area contributed by atoms with Crippen molar-refractivity contribution in [2.24, 2.45) is 0 Å². The van der Waals surface area contributed by atoms with Crippen molar-refractivity contribution < 1.29 is 8.42 Å². The molecular formula is C18H20N2O2S3. The predicted octanol–water partition coefficient (Wildman–Crippen LogP) is 4.93. The van der Waals surface area contributed by atoms with Crippen molar-refractivity contribution in [1.29, 1.82) is 0 Å². The number of thiophene rings is 1. The van der Waals surface area contributed by atoms with Crippen molar-refractivity contribution in [1.82, 2.24) is 4.98 Å². The summed E-state index contributed by atoms with van der Waals surface area (Å²) < 4.78 is 27.6. The number of rotatable bonds is 4. The van der Waals surface area contributed by atoms with E-state index in [0.29, 0.717) is 10.6 Å². The van der Waals surface area contributed by atoms with E-state index in [1.165, 1.54) is 27.0 Å². The largest absolute Gasteiger partial charge is 0.269 e. The van der Waals surface area contributed by atoms with Gasteiger partial charge in [0.2, 0.25) is 0 Å². The standard InChI is InChI=1S/C18H20N2O2S3/c1-11-6-7-15(8-12(11)2)20(5)25(21,22)17-9-16(24-14(17)4)18-19-13(3)10-23-18/h6-10H,1-5H3. The Morgan fingerprint density at radius 2 is 1.76 bits per heavy atom. The minimum absolute atomic E-state index is 0.348. The molecule has 0 bridgehead atoms. The number of hydrogen-bond donors (Lipinski definition) is 0. The maximum Gasteiger partial charge on any atom is 0.265 e. The number of hydrogen-bond acceptors (Lipinski definition) is 5. The quantitative estimate of drug-likeness (QED) is 0.632. The van der Waals surface area contributed by atoms with Crippen molar-refractivity contribution in [3.8, 4) is 9.88 Å². The molecule has 0 amide bonds. The maximum atomic E-state index is 13.1. The van der Waals surface area contributed by atoms with Crippen molar-refractivity contribution >= 4 is 38.4 Å². The molecule has 0 N–H and O–H groups in total. The Bertz CT molecular complexity index is 1030.